The van der Waals surface area contributed by atoms with E-state index in [1.165, 1.54) is 0 Å². The summed E-state index contributed by atoms with van der Waals surface area (Å²) in [6.45, 7) is 5.88. The number of benzene rings is 2. The third kappa shape index (κ3) is 4.40. The van der Waals surface area contributed by atoms with Gasteiger partial charge in [0.25, 0.3) is 0 Å². The molecule has 150 valence electrons. The lowest BCUT2D eigenvalue weighted by Crippen LogP contribution is -2.29. The van der Waals surface area contributed by atoms with Gasteiger partial charge in [0.1, 0.15) is 0 Å². The van der Waals surface area contributed by atoms with Crippen LogP contribution in [0.5, 0.6) is 11.5 Å². The molecule has 0 saturated carbocycles. The van der Waals surface area contributed by atoms with Gasteiger partial charge in [-0.25, -0.2) is 9.78 Å². The zero-order chi connectivity index (χ0) is 20.8. The van der Waals surface area contributed by atoms with Crippen LogP contribution in [0, 0.1) is 6.92 Å². The lowest BCUT2D eigenvalue weighted by atomic mass is 10.1. The smallest absolute Gasteiger partial charge is 0.319 e. The fourth-order valence-corrected chi connectivity index (χ4v) is 2.99. The Kier molecular flexibility index (Phi) is 6.19. The normalized spacial score (nSPS) is 10.3. The summed E-state index contributed by atoms with van der Waals surface area (Å²) in [4.78, 5) is 17.1. The van der Waals surface area contributed by atoms with Crippen molar-refractivity contribution in [3.05, 3.63) is 60.8 Å². The molecule has 3 N–H and O–H groups in total. The van der Waals surface area contributed by atoms with E-state index in [0.29, 0.717) is 29.5 Å². The first-order chi connectivity index (χ1) is 14.1. The molecule has 0 aliphatic heterocycles. The summed E-state index contributed by atoms with van der Waals surface area (Å²) >= 11 is 0. The van der Waals surface area contributed by atoms with E-state index in [2.05, 4.69) is 22.5 Å². The predicted molar refractivity (Wildman–Crippen MR) is 117 cm³/mol. The second kappa shape index (κ2) is 8.97. The number of aryl methyl sites for hydroxylation is 1. The number of ether oxygens (including phenoxy) is 2. The zero-order valence-corrected chi connectivity index (χ0v) is 16.7. The number of carbonyl (C=O) groups is 1. The first kappa shape index (κ1) is 20.0. The van der Waals surface area contributed by atoms with Crippen LogP contribution in [0.2, 0.25) is 0 Å². The second-order valence-electron chi connectivity index (χ2n) is 6.29. The van der Waals surface area contributed by atoms with Gasteiger partial charge < -0.3 is 25.4 Å². The molecule has 29 heavy (non-hydrogen) atoms. The van der Waals surface area contributed by atoms with E-state index in [4.69, 9.17) is 14.5 Å². The molecule has 0 fully saturated rings. The van der Waals surface area contributed by atoms with Gasteiger partial charge in [-0.1, -0.05) is 24.3 Å². The number of urea groups is 1. The highest BCUT2D eigenvalue weighted by atomic mass is 16.5. The van der Waals surface area contributed by atoms with Gasteiger partial charge in [0.05, 0.1) is 19.9 Å². The summed E-state index contributed by atoms with van der Waals surface area (Å²) < 4.78 is 10.9. The highest BCUT2D eigenvalue weighted by molar-refractivity contribution is 6.08. The molecule has 0 saturated heterocycles. The summed E-state index contributed by atoms with van der Waals surface area (Å²) in [6, 6.07) is 13.0. The van der Waals surface area contributed by atoms with Gasteiger partial charge in [-0.2, -0.15) is 0 Å². The number of fused-ring (bicyclic) bond motifs is 1. The molecule has 2 aromatic carbocycles. The van der Waals surface area contributed by atoms with Crippen molar-refractivity contribution in [2.24, 2.45) is 0 Å². The summed E-state index contributed by atoms with van der Waals surface area (Å²) in [7, 11) is 3.16. The van der Waals surface area contributed by atoms with Crippen molar-refractivity contribution in [3.63, 3.8) is 0 Å². The van der Waals surface area contributed by atoms with Crippen LogP contribution < -0.4 is 25.4 Å². The number of carbonyl (C=O) groups excluding carboxylic acids is 1. The number of hydrogen-bond acceptors (Lipinski definition) is 5. The van der Waals surface area contributed by atoms with Crippen LogP contribution in [0.15, 0.2) is 55.1 Å². The Hall–Kier alpha value is -3.74. The van der Waals surface area contributed by atoms with E-state index in [0.717, 1.165) is 22.2 Å². The van der Waals surface area contributed by atoms with Crippen LogP contribution in [-0.4, -0.2) is 31.8 Å². The third-order valence-corrected chi connectivity index (χ3v) is 4.38. The Morgan fingerprint density at radius 2 is 1.76 bits per heavy atom. The van der Waals surface area contributed by atoms with Crippen molar-refractivity contribution in [2.75, 3.05) is 31.4 Å². The molecule has 0 atom stereocenters. The minimum Gasteiger partial charge on any atom is -0.493 e. The first-order valence-electron chi connectivity index (χ1n) is 9.11. The zero-order valence-electron chi connectivity index (χ0n) is 16.7. The average Bonchev–Trinajstić information content (AvgIpc) is 2.74. The molecule has 3 rings (SSSR count). The summed E-state index contributed by atoms with van der Waals surface area (Å²) in [5.41, 5.74) is 2.18. The predicted octanol–water partition coefficient (Wildman–Crippen LogP) is 4.61. The molecule has 0 spiro atoms. The Labute approximate surface area is 169 Å². The Morgan fingerprint density at radius 1 is 1.10 bits per heavy atom. The van der Waals surface area contributed by atoms with Crippen LogP contribution in [-0.2, 0) is 0 Å². The van der Waals surface area contributed by atoms with Crippen molar-refractivity contribution in [2.45, 2.75) is 6.92 Å². The number of nitrogens with one attached hydrogen (secondary N) is 3. The van der Waals surface area contributed by atoms with E-state index in [9.17, 15) is 4.79 Å². The van der Waals surface area contributed by atoms with E-state index in [1.807, 2.05) is 49.4 Å². The van der Waals surface area contributed by atoms with Crippen LogP contribution in [0.4, 0.5) is 22.0 Å². The van der Waals surface area contributed by atoms with E-state index in [-0.39, 0.29) is 6.03 Å². The van der Waals surface area contributed by atoms with Gasteiger partial charge in [0.15, 0.2) is 17.3 Å². The number of anilines is 3. The SMILES string of the molecule is C=CCNC(=O)Nc1c(Nc2ccccc2)nc(C)c2cc(OC)c(OC)cc12. The van der Waals surface area contributed by atoms with Crippen molar-refractivity contribution in [1.29, 1.82) is 0 Å². The highest BCUT2D eigenvalue weighted by Crippen LogP contribution is 2.39. The molecule has 7 nitrogen and oxygen atoms in total. The second-order valence-corrected chi connectivity index (χ2v) is 6.29. The molecule has 2 amide bonds. The maximum atomic E-state index is 12.4. The molecule has 0 radical (unpaired) electrons. The molecular formula is C22H24N4O3. The van der Waals surface area contributed by atoms with Gasteiger partial charge in [0, 0.05) is 28.7 Å². The van der Waals surface area contributed by atoms with Crippen LogP contribution in [0.3, 0.4) is 0 Å². The maximum Gasteiger partial charge on any atom is 0.319 e. The van der Waals surface area contributed by atoms with Crippen molar-refractivity contribution >= 4 is 34.0 Å². The molecule has 7 heteroatoms. The summed E-state index contributed by atoms with van der Waals surface area (Å²) in [6.07, 6.45) is 1.61. The van der Waals surface area contributed by atoms with Crippen LogP contribution in [0.25, 0.3) is 10.8 Å². The number of methoxy groups -OCH3 is 2. The fraction of sp³-hybridized carbons (Fsp3) is 0.182. The van der Waals surface area contributed by atoms with Crippen molar-refractivity contribution in [1.82, 2.24) is 10.3 Å². The summed E-state index contributed by atoms with van der Waals surface area (Å²) in [5.74, 6) is 1.68. The molecule has 0 unspecified atom stereocenters. The van der Waals surface area contributed by atoms with Crippen molar-refractivity contribution < 1.29 is 14.3 Å². The minimum absolute atomic E-state index is 0.349. The molecule has 1 aromatic heterocycles. The Morgan fingerprint density at radius 3 is 2.38 bits per heavy atom. The third-order valence-electron chi connectivity index (χ3n) is 4.38. The standard InChI is InChI=1S/C22H24N4O3/c1-5-11-23-22(27)26-20-17-13-19(29-4)18(28-3)12-16(17)14(2)24-21(20)25-15-9-7-6-8-10-15/h5-10,12-13H,1,11H2,2-4H3,(H,24,25)(H2,23,26,27). The minimum atomic E-state index is -0.359. The lowest BCUT2D eigenvalue weighted by molar-refractivity contribution is 0.253. The summed E-state index contributed by atoms with van der Waals surface area (Å²) in [5, 5.41) is 10.5. The molecule has 0 aliphatic rings. The maximum absolute atomic E-state index is 12.4. The number of nitrogens with zero attached hydrogens (tertiary/aromatic N) is 1. The Balaban J connectivity index is 2.17. The Bertz CT molecular complexity index is 1040. The number of amides is 2. The molecular weight excluding hydrogens is 368 g/mol. The van der Waals surface area contributed by atoms with E-state index < -0.39 is 0 Å². The number of aromatic nitrogens is 1. The topological polar surface area (TPSA) is 84.5 Å². The average molecular weight is 392 g/mol. The molecule has 0 aliphatic carbocycles. The monoisotopic (exact) mass is 392 g/mol. The lowest BCUT2D eigenvalue weighted by Gasteiger charge is -2.18. The van der Waals surface area contributed by atoms with Crippen LogP contribution >= 0.6 is 0 Å². The van der Waals surface area contributed by atoms with Crippen LogP contribution in [0.1, 0.15) is 5.69 Å². The van der Waals surface area contributed by atoms with Gasteiger partial charge in [-0.05, 0) is 31.2 Å². The number of hydrogen-bond donors (Lipinski definition) is 3. The highest BCUT2D eigenvalue weighted by Gasteiger charge is 2.18. The van der Waals surface area contributed by atoms with Gasteiger partial charge in [-0.15, -0.1) is 6.58 Å². The first-order valence-corrected chi connectivity index (χ1v) is 9.11. The van der Waals surface area contributed by atoms with Crippen molar-refractivity contribution in [3.8, 4) is 11.5 Å². The van der Waals surface area contributed by atoms with E-state index in [1.54, 1.807) is 20.3 Å². The number of pyridine rings is 1. The molecule has 1 heterocycles. The quantitative estimate of drug-likeness (QED) is 0.511. The molecule has 0 bridgehead atoms. The largest absolute Gasteiger partial charge is 0.493 e. The fourth-order valence-electron chi connectivity index (χ4n) is 2.99. The van der Waals surface area contributed by atoms with E-state index >= 15 is 0 Å². The molecule has 3 aromatic rings. The number of rotatable bonds is 7. The van der Waals surface area contributed by atoms with Gasteiger partial charge in [-0.3, -0.25) is 0 Å². The van der Waals surface area contributed by atoms with Gasteiger partial charge >= 0.3 is 6.03 Å². The number of para-hydroxylation sites is 1. The van der Waals surface area contributed by atoms with Gasteiger partial charge in [0.2, 0.25) is 0 Å².